The van der Waals surface area contributed by atoms with Crippen molar-refractivity contribution in [1.29, 1.82) is 0 Å². The maximum Gasteiger partial charge on any atom is 0.254 e. The summed E-state index contributed by atoms with van der Waals surface area (Å²) >= 11 is 9.08. The number of amides is 1. The molecule has 2 heterocycles. The van der Waals surface area contributed by atoms with E-state index >= 15 is 0 Å². The molecule has 3 rings (SSSR count). The summed E-state index contributed by atoms with van der Waals surface area (Å²) in [5, 5.41) is 3.00. The van der Waals surface area contributed by atoms with E-state index in [4.69, 9.17) is 16.3 Å². The molecule has 0 fully saturated rings. The topological polar surface area (TPSA) is 42.4 Å². The van der Waals surface area contributed by atoms with Crippen LogP contribution >= 0.6 is 34.3 Å². The van der Waals surface area contributed by atoms with Crippen LogP contribution in [0.2, 0.25) is 4.34 Å². The fourth-order valence-electron chi connectivity index (χ4n) is 2.49. The number of ether oxygens (including phenoxy) is 1. The van der Waals surface area contributed by atoms with Gasteiger partial charge in [-0.25, -0.2) is 4.98 Å². The van der Waals surface area contributed by atoms with Crippen molar-refractivity contribution in [2.45, 2.75) is 27.0 Å². The van der Waals surface area contributed by atoms with Crippen molar-refractivity contribution in [3.8, 4) is 5.75 Å². The average molecular weight is 407 g/mol. The Morgan fingerprint density at radius 3 is 2.81 bits per heavy atom. The van der Waals surface area contributed by atoms with Gasteiger partial charge in [0, 0.05) is 22.4 Å². The lowest BCUT2D eigenvalue weighted by Gasteiger charge is -2.20. The SMILES string of the molecule is CCN(Cc1ccc(Cl)s1)C(=O)c1cccc(OCc2csc(C)n2)c1. The molecule has 0 saturated heterocycles. The maximum atomic E-state index is 12.8. The molecule has 0 aliphatic carbocycles. The van der Waals surface area contributed by atoms with Gasteiger partial charge in [-0.2, -0.15) is 0 Å². The van der Waals surface area contributed by atoms with Gasteiger partial charge in [0.05, 0.1) is 21.6 Å². The highest BCUT2D eigenvalue weighted by molar-refractivity contribution is 7.16. The molecule has 0 spiro atoms. The van der Waals surface area contributed by atoms with Crippen LogP contribution in [0.25, 0.3) is 0 Å². The smallest absolute Gasteiger partial charge is 0.254 e. The van der Waals surface area contributed by atoms with Crippen LogP contribution in [0.5, 0.6) is 5.75 Å². The lowest BCUT2D eigenvalue weighted by molar-refractivity contribution is 0.0753. The highest BCUT2D eigenvalue weighted by Crippen LogP contribution is 2.24. The number of aryl methyl sites for hydroxylation is 1. The average Bonchev–Trinajstić information content (AvgIpc) is 3.25. The van der Waals surface area contributed by atoms with E-state index in [1.807, 2.05) is 49.6 Å². The van der Waals surface area contributed by atoms with Crippen molar-refractivity contribution >= 4 is 40.2 Å². The molecule has 2 aromatic heterocycles. The van der Waals surface area contributed by atoms with Crippen LogP contribution in [0.1, 0.15) is 32.9 Å². The molecule has 0 radical (unpaired) electrons. The summed E-state index contributed by atoms with van der Waals surface area (Å²) in [4.78, 5) is 20.1. The fourth-order valence-corrected chi connectivity index (χ4v) is 4.19. The highest BCUT2D eigenvalue weighted by Gasteiger charge is 2.16. The normalized spacial score (nSPS) is 10.7. The molecule has 0 saturated carbocycles. The fraction of sp³-hybridized carbons (Fsp3) is 0.263. The Labute approximate surface area is 166 Å². The van der Waals surface area contributed by atoms with E-state index in [1.54, 1.807) is 22.3 Å². The second-order valence-electron chi connectivity index (χ2n) is 5.70. The van der Waals surface area contributed by atoms with Crippen molar-refractivity contribution in [2.24, 2.45) is 0 Å². The molecule has 7 heteroatoms. The van der Waals surface area contributed by atoms with E-state index in [-0.39, 0.29) is 5.91 Å². The van der Waals surface area contributed by atoms with Crippen LogP contribution in [0.4, 0.5) is 0 Å². The zero-order chi connectivity index (χ0) is 18.5. The van der Waals surface area contributed by atoms with Gasteiger partial charge in [0.2, 0.25) is 0 Å². The third kappa shape index (κ3) is 4.84. The molecular weight excluding hydrogens is 388 g/mol. The van der Waals surface area contributed by atoms with Crippen LogP contribution in [0.15, 0.2) is 41.8 Å². The summed E-state index contributed by atoms with van der Waals surface area (Å²) in [5.41, 5.74) is 1.51. The minimum atomic E-state index is -0.0213. The molecule has 26 heavy (non-hydrogen) atoms. The number of carbonyl (C=O) groups excluding carboxylic acids is 1. The number of carbonyl (C=O) groups is 1. The molecule has 0 aliphatic rings. The Kier molecular flexibility index (Phi) is 6.29. The van der Waals surface area contributed by atoms with Gasteiger partial charge < -0.3 is 9.64 Å². The van der Waals surface area contributed by atoms with Crippen LogP contribution in [-0.4, -0.2) is 22.3 Å². The number of aromatic nitrogens is 1. The molecular formula is C19H19ClN2O2S2. The van der Waals surface area contributed by atoms with Crippen molar-refractivity contribution in [3.05, 3.63) is 67.3 Å². The van der Waals surface area contributed by atoms with Crippen LogP contribution in [0.3, 0.4) is 0 Å². The third-order valence-corrected chi connectivity index (χ3v) is 5.82. The lowest BCUT2D eigenvalue weighted by atomic mass is 10.2. The number of rotatable bonds is 7. The largest absolute Gasteiger partial charge is 0.487 e. The summed E-state index contributed by atoms with van der Waals surface area (Å²) in [6, 6.07) is 11.1. The number of hydrogen-bond acceptors (Lipinski definition) is 5. The van der Waals surface area contributed by atoms with Gasteiger partial charge in [-0.15, -0.1) is 22.7 Å². The molecule has 136 valence electrons. The van der Waals surface area contributed by atoms with Gasteiger partial charge in [0.25, 0.3) is 5.91 Å². The van der Waals surface area contributed by atoms with E-state index in [0.717, 1.165) is 19.9 Å². The Balaban J connectivity index is 1.67. The summed E-state index contributed by atoms with van der Waals surface area (Å²) < 4.78 is 6.52. The number of thiazole rings is 1. The Bertz CT molecular complexity index is 891. The monoisotopic (exact) mass is 406 g/mol. The molecule has 0 bridgehead atoms. The van der Waals surface area contributed by atoms with E-state index in [1.165, 1.54) is 11.3 Å². The first-order valence-corrected chi connectivity index (χ1v) is 10.3. The van der Waals surface area contributed by atoms with Gasteiger partial charge >= 0.3 is 0 Å². The number of nitrogens with zero attached hydrogens (tertiary/aromatic N) is 2. The molecule has 0 unspecified atom stereocenters. The Hall–Kier alpha value is -1.89. The predicted octanol–water partition coefficient (Wildman–Crippen LogP) is 5.41. The first-order chi connectivity index (χ1) is 12.5. The van der Waals surface area contributed by atoms with Crippen LogP contribution in [0, 0.1) is 6.92 Å². The zero-order valence-electron chi connectivity index (χ0n) is 14.6. The van der Waals surface area contributed by atoms with E-state index in [2.05, 4.69) is 4.98 Å². The molecule has 0 atom stereocenters. The van der Waals surface area contributed by atoms with Gasteiger partial charge in [-0.1, -0.05) is 17.7 Å². The Morgan fingerprint density at radius 2 is 2.15 bits per heavy atom. The van der Waals surface area contributed by atoms with E-state index in [0.29, 0.717) is 31.0 Å². The second kappa shape index (κ2) is 8.66. The number of thiophene rings is 1. The lowest BCUT2D eigenvalue weighted by Crippen LogP contribution is -2.29. The first kappa shape index (κ1) is 18.9. The van der Waals surface area contributed by atoms with Crippen LogP contribution in [-0.2, 0) is 13.2 Å². The highest BCUT2D eigenvalue weighted by atomic mass is 35.5. The second-order valence-corrected chi connectivity index (χ2v) is 8.56. The minimum Gasteiger partial charge on any atom is -0.487 e. The zero-order valence-corrected chi connectivity index (χ0v) is 17.0. The van der Waals surface area contributed by atoms with E-state index in [9.17, 15) is 4.79 Å². The minimum absolute atomic E-state index is 0.0213. The molecule has 4 nitrogen and oxygen atoms in total. The quantitative estimate of drug-likeness (QED) is 0.527. The van der Waals surface area contributed by atoms with Crippen molar-refractivity contribution in [1.82, 2.24) is 9.88 Å². The maximum absolute atomic E-state index is 12.8. The molecule has 1 amide bonds. The standard InChI is InChI=1S/C19H19ClN2O2S2/c1-3-22(10-17-7-8-18(20)26-17)19(23)14-5-4-6-16(9-14)24-11-15-12-25-13(2)21-15/h4-9,12H,3,10-11H2,1-2H3. The summed E-state index contributed by atoms with van der Waals surface area (Å²) in [6.07, 6.45) is 0. The van der Waals surface area contributed by atoms with Gasteiger partial charge in [0.15, 0.2) is 0 Å². The summed E-state index contributed by atoms with van der Waals surface area (Å²) in [7, 11) is 0. The van der Waals surface area contributed by atoms with Crippen molar-refractivity contribution in [3.63, 3.8) is 0 Å². The van der Waals surface area contributed by atoms with Crippen molar-refractivity contribution in [2.75, 3.05) is 6.54 Å². The molecule has 1 aromatic carbocycles. The summed E-state index contributed by atoms with van der Waals surface area (Å²) in [6.45, 7) is 5.51. The van der Waals surface area contributed by atoms with Gasteiger partial charge in [-0.05, 0) is 44.2 Å². The van der Waals surface area contributed by atoms with Crippen LogP contribution < -0.4 is 4.74 Å². The van der Waals surface area contributed by atoms with E-state index < -0.39 is 0 Å². The first-order valence-electron chi connectivity index (χ1n) is 8.22. The molecule has 0 N–H and O–H groups in total. The summed E-state index contributed by atoms with van der Waals surface area (Å²) in [5.74, 6) is 0.642. The van der Waals surface area contributed by atoms with Gasteiger partial charge in [0.1, 0.15) is 12.4 Å². The predicted molar refractivity (Wildman–Crippen MR) is 107 cm³/mol. The molecule has 0 aliphatic heterocycles. The van der Waals surface area contributed by atoms with Gasteiger partial charge in [-0.3, -0.25) is 4.79 Å². The third-order valence-electron chi connectivity index (χ3n) is 3.78. The number of benzene rings is 1. The molecule has 3 aromatic rings. The van der Waals surface area contributed by atoms with Crippen molar-refractivity contribution < 1.29 is 9.53 Å². The number of hydrogen-bond donors (Lipinski definition) is 0. The number of halogens is 1. The Morgan fingerprint density at radius 1 is 1.31 bits per heavy atom.